The monoisotopic (exact) mass is 239 g/mol. The zero-order chi connectivity index (χ0) is 12.1. The van der Waals surface area contributed by atoms with Gasteiger partial charge >= 0.3 is 0 Å². The first-order chi connectivity index (χ1) is 8.29. The van der Waals surface area contributed by atoms with Gasteiger partial charge < -0.3 is 15.5 Å². The first kappa shape index (κ1) is 13.3. The molecule has 1 atom stereocenters. The molecule has 2 aliphatic rings. The Morgan fingerprint density at radius 1 is 1.18 bits per heavy atom. The van der Waals surface area contributed by atoms with Gasteiger partial charge in [0.15, 0.2) is 0 Å². The molecule has 3 nitrogen and oxygen atoms in total. The minimum absolute atomic E-state index is 0.752. The van der Waals surface area contributed by atoms with E-state index >= 15 is 0 Å². The lowest BCUT2D eigenvalue weighted by molar-refractivity contribution is 0.204. The van der Waals surface area contributed by atoms with Crippen LogP contribution in [-0.4, -0.2) is 55.6 Å². The Morgan fingerprint density at radius 3 is 2.65 bits per heavy atom. The molecule has 2 rings (SSSR count). The zero-order valence-corrected chi connectivity index (χ0v) is 11.4. The van der Waals surface area contributed by atoms with E-state index in [1.807, 2.05) is 0 Å². The van der Waals surface area contributed by atoms with E-state index in [-0.39, 0.29) is 0 Å². The van der Waals surface area contributed by atoms with Crippen LogP contribution in [0.4, 0.5) is 0 Å². The van der Waals surface area contributed by atoms with Gasteiger partial charge in [0.25, 0.3) is 0 Å². The highest BCUT2D eigenvalue weighted by Gasteiger charge is 2.27. The highest BCUT2D eigenvalue weighted by molar-refractivity contribution is 4.83. The standard InChI is InChI=1S/C14H29N3/c1-16(10-8-15)14-7-9-17(12-14)11-13-5-3-2-4-6-13/h13-14H,2-12,15H2,1H3. The predicted molar refractivity (Wildman–Crippen MR) is 73.1 cm³/mol. The maximum absolute atomic E-state index is 5.63. The quantitative estimate of drug-likeness (QED) is 0.790. The van der Waals surface area contributed by atoms with Gasteiger partial charge in [0, 0.05) is 32.2 Å². The van der Waals surface area contributed by atoms with Crippen LogP contribution in [0.25, 0.3) is 0 Å². The second-order valence-corrected chi connectivity index (χ2v) is 5.98. The molecule has 1 unspecified atom stereocenters. The third-order valence-electron chi connectivity index (χ3n) is 4.59. The Morgan fingerprint density at radius 2 is 1.94 bits per heavy atom. The van der Waals surface area contributed by atoms with Crippen molar-refractivity contribution in [2.75, 3.05) is 39.8 Å². The lowest BCUT2D eigenvalue weighted by atomic mass is 9.89. The second kappa shape index (κ2) is 6.72. The summed E-state index contributed by atoms with van der Waals surface area (Å²) in [6, 6.07) is 0.752. The molecule has 1 aliphatic heterocycles. The number of hydrogen-bond acceptors (Lipinski definition) is 3. The van der Waals surface area contributed by atoms with E-state index in [0.717, 1.165) is 25.0 Å². The van der Waals surface area contributed by atoms with Crippen LogP contribution in [0.5, 0.6) is 0 Å². The lowest BCUT2D eigenvalue weighted by Crippen LogP contribution is -2.38. The first-order valence-electron chi connectivity index (χ1n) is 7.42. The van der Waals surface area contributed by atoms with Crippen LogP contribution in [0.3, 0.4) is 0 Å². The smallest absolute Gasteiger partial charge is 0.0232 e. The number of nitrogens with zero attached hydrogens (tertiary/aromatic N) is 2. The maximum Gasteiger partial charge on any atom is 0.0232 e. The molecule has 17 heavy (non-hydrogen) atoms. The lowest BCUT2D eigenvalue weighted by Gasteiger charge is -2.28. The van der Waals surface area contributed by atoms with E-state index in [1.165, 1.54) is 58.2 Å². The van der Waals surface area contributed by atoms with Gasteiger partial charge in [-0.05, 0) is 38.8 Å². The van der Waals surface area contributed by atoms with Crippen LogP contribution in [-0.2, 0) is 0 Å². The van der Waals surface area contributed by atoms with E-state index in [0.29, 0.717) is 0 Å². The Kier molecular flexibility index (Phi) is 5.26. The molecule has 0 bridgehead atoms. The molecule has 0 spiro atoms. The highest BCUT2D eigenvalue weighted by Crippen LogP contribution is 2.26. The molecule has 0 aromatic heterocycles. The SMILES string of the molecule is CN(CCN)C1CCN(CC2CCCCC2)C1. The number of likely N-dealkylation sites (N-methyl/N-ethyl adjacent to an activating group) is 1. The molecular formula is C14H29N3. The number of likely N-dealkylation sites (tertiary alicyclic amines) is 1. The Balaban J connectivity index is 1.69. The summed E-state index contributed by atoms with van der Waals surface area (Å²) in [4.78, 5) is 5.13. The summed E-state index contributed by atoms with van der Waals surface area (Å²) in [6.45, 7) is 5.76. The van der Waals surface area contributed by atoms with Crippen LogP contribution in [0.2, 0.25) is 0 Å². The van der Waals surface area contributed by atoms with Gasteiger partial charge in [-0.25, -0.2) is 0 Å². The van der Waals surface area contributed by atoms with Crippen molar-refractivity contribution >= 4 is 0 Å². The molecule has 2 N–H and O–H groups in total. The van der Waals surface area contributed by atoms with Crippen molar-refractivity contribution < 1.29 is 0 Å². The average molecular weight is 239 g/mol. The summed E-state index contributed by atoms with van der Waals surface area (Å²) in [7, 11) is 2.22. The minimum Gasteiger partial charge on any atom is -0.329 e. The molecule has 1 heterocycles. The van der Waals surface area contributed by atoms with E-state index in [2.05, 4.69) is 16.8 Å². The summed E-state index contributed by atoms with van der Waals surface area (Å²) in [6.07, 6.45) is 8.69. The molecule has 1 aliphatic carbocycles. The Labute approximate surface area is 106 Å². The van der Waals surface area contributed by atoms with Gasteiger partial charge in [-0.1, -0.05) is 19.3 Å². The fourth-order valence-corrected chi connectivity index (χ4v) is 3.46. The summed E-state index contributed by atoms with van der Waals surface area (Å²) in [5, 5.41) is 0. The Hall–Kier alpha value is -0.120. The van der Waals surface area contributed by atoms with Crippen molar-refractivity contribution in [1.82, 2.24) is 9.80 Å². The van der Waals surface area contributed by atoms with Crippen molar-refractivity contribution in [3.05, 3.63) is 0 Å². The van der Waals surface area contributed by atoms with Gasteiger partial charge in [-0.2, -0.15) is 0 Å². The van der Waals surface area contributed by atoms with Crippen molar-refractivity contribution in [3.8, 4) is 0 Å². The van der Waals surface area contributed by atoms with Crippen molar-refractivity contribution in [2.24, 2.45) is 11.7 Å². The van der Waals surface area contributed by atoms with Crippen LogP contribution < -0.4 is 5.73 Å². The van der Waals surface area contributed by atoms with Crippen molar-refractivity contribution in [2.45, 2.75) is 44.6 Å². The van der Waals surface area contributed by atoms with Gasteiger partial charge in [0.1, 0.15) is 0 Å². The molecule has 0 radical (unpaired) electrons. The predicted octanol–water partition coefficient (Wildman–Crippen LogP) is 1.53. The summed E-state index contributed by atoms with van der Waals surface area (Å²) >= 11 is 0. The summed E-state index contributed by atoms with van der Waals surface area (Å²) in [5.41, 5.74) is 5.63. The van der Waals surface area contributed by atoms with E-state index in [1.54, 1.807) is 0 Å². The average Bonchev–Trinajstić information content (AvgIpc) is 2.79. The molecule has 1 saturated carbocycles. The molecule has 100 valence electrons. The molecule has 1 saturated heterocycles. The zero-order valence-electron chi connectivity index (χ0n) is 11.4. The number of nitrogens with two attached hydrogens (primary N) is 1. The molecule has 0 aromatic carbocycles. The molecule has 3 heteroatoms. The van der Waals surface area contributed by atoms with Gasteiger partial charge in [0.2, 0.25) is 0 Å². The van der Waals surface area contributed by atoms with Crippen molar-refractivity contribution in [3.63, 3.8) is 0 Å². The molecule has 2 fully saturated rings. The topological polar surface area (TPSA) is 32.5 Å². The fourth-order valence-electron chi connectivity index (χ4n) is 3.46. The number of rotatable bonds is 5. The van der Waals surface area contributed by atoms with Gasteiger partial charge in [-0.3, -0.25) is 0 Å². The summed E-state index contributed by atoms with van der Waals surface area (Å²) in [5.74, 6) is 0.988. The largest absolute Gasteiger partial charge is 0.329 e. The number of hydrogen-bond donors (Lipinski definition) is 1. The van der Waals surface area contributed by atoms with Gasteiger partial charge in [-0.15, -0.1) is 0 Å². The van der Waals surface area contributed by atoms with Crippen LogP contribution in [0, 0.1) is 5.92 Å². The minimum atomic E-state index is 0.752. The van der Waals surface area contributed by atoms with E-state index in [4.69, 9.17) is 5.73 Å². The van der Waals surface area contributed by atoms with E-state index in [9.17, 15) is 0 Å². The maximum atomic E-state index is 5.63. The Bertz CT molecular complexity index is 214. The molecular weight excluding hydrogens is 210 g/mol. The van der Waals surface area contributed by atoms with Crippen LogP contribution >= 0.6 is 0 Å². The van der Waals surface area contributed by atoms with Crippen LogP contribution in [0.15, 0.2) is 0 Å². The van der Waals surface area contributed by atoms with Crippen molar-refractivity contribution in [1.29, 1.82) is 0 Å². The molecule has 0 amide bonds. The summed E-state index contributed by atoms with van der Waals surface area (Å²) < 4.78 is 0. The van der Waals surface area contributed by atoms with E-state index < -0.39 is 0 Å². The second-order valence-electron chi connectivity index (χ2n) is 5.98. The third kappa shape index (κ3) is 3.94. The third-order valence-corrected chi connectivity index (χ3v) is 4.59. The normalized spacial score (nSPS) is 28.1. The molecule has 0 aromatic rings. The highest BCUT2D eigenvalue weighted by atomic mass is 15.2. The first-order valence-corrected chi connectivity index (χ1v) is 7.42. The van der Waals surface area contributed by atoms with Crippen LogP contribution in [0.1, 0.15) is 38.5 Å². The van der Waals surface area contributed by atoms with Gasteiger partial charge in [0.05, 0.1) is 0 Å². The fraction of sp³-hybridized carbons (Fsp3) is 1.00.